The van der Waals surface area contributed by atoms with Gasteiger partial charge in [0.05, 0.1) is 6.54 Å². The second kappa shape index (κ2) is 7.22. The standard InChI is InChI=1S/C19H29NO/c1-14-11-15(2)19(16(3)12-14)18(21)13-20(4)17-9-7-5-6-8-10-17/h11-12,17H,5-10,13H2,1-4H3. The minimum Gasteiger partial charge on any atom is -0.296 e. The van der Waals surface area contributed by atoms with Crippen molar-refractivity contribution in [1.29, 1.82) is 0 Å². The number of ketones is 1. The van der Waals surface area contributed by atoms with Gasteiger partial charge in [0.2, 0.25) is 0 Å². The summed E-state index contributed by atoms with van der Waals surface area (Å²) in [7, 11) is 2.12. The molecule has 2 nitrogen and oxygen atoms in total. The van der Waals surface area contributed by atoms with E-state index in [1.165, 1.54) is 44.1 Å². The monoisotopic (exact) mass is 287 g/mol. The number of Topliss-reactive ketones (excluding diaryl/α,β-unsaturated/α-hetero) is 1. The van der Waals surface area contributed by atoms with E-state index in [4.69, 9.17) is 0 Å². The van der Waals surface area contributed by atoms with Gasteiger partial charge in [-0.3, -0.25) is 9.69 Å². The molecular weight excluding hydrogens is 258 g/mol. The van der Waals surface area contributed by atoms with Crippen LogP contribution in [0.25, 0.3) is 0 Å². The van der Waals surface area contributed by atoms with Gasteiger partial charge in [-0.25, -0.2) is 0 Å². The third-order valence-electron chi connectivity index (χ3n) is 4.80. The highest BCUT2D eigenvalue weighted by Gasteiger charge is 2.21. The van der Waals surface area contributed by atoms with Gasteiger partial charge in [-0.2, -0.15) is 0 Å². The van der Waals surface area contributed by atoms with E-state index >= 15 is 0 Å². The summed E-state index contributed by atoms with van der Waals surface area (Å²) in [5.41, 5.74) is 4.40. The van der Waals surface area contributed by atoms with Crippen LogP contribution in [0.3, 0.4) is 0 Å². The summed E-state index contributed by atoms with van der Waals surface area (Å²) in [5.74, 6) is 0.275. The van der Waals surface area contributed by atoms with Gasteiger partial charge in [0.15, 0.2) is 5.78 Å². The predicted octanol–water partition coefficient (Wildman–Crippen LogP) is 4.45. The Morgan fingerprint density at radius 3 is 2.10 bits per heavy atom. The Morgan fingerprint density at radius 2 is 1.57 bits per heavy atom. The fourth-order valence-electron chi connectivity index (χ4n) is 3.75. The lowest BCUT2D eigenvalue weighted by molar-refractivity contribution is 0.0911. The number of nitrogens with zero attached hydrogens (tertiary/aromatic N) is 1. The Balaban J connectivity index is 2.07. The quantitative estimate of drug-likeness (QED) is 0.602. The maximum Gasteiger partial charge on any atom is 0.177 e. The molecule has 0 bridgehead atoms. The van der Waals surface area contributed by atoms with Gasteiger partial charge < -0.3 is 0 Å². The summed E-state index contributed by atoms with van der Waals surface area (Å²) in [6.07, 6.45) is 7.83. The summed E-state index contributed by atoms with van der Waals surface area (Å²) in [6, 6.07) is 4.82. The molecule has 1 aliphatic carbocycles. The maximum absolute atomic E-state index is 12.7. The number of benzene rings is 1. The Morgan fingerprint density at radius 1 is 1.05 bits per heavy atom. The summed E-state index contributed by atoms with van der Waals surface area (Å²) in [6.45, 7) is 6.75. The van der Waals surface area contributed by atoms with Crippen molar-refractivity contribution in [3.63, 3.8) is 0 Å². The second-order valence-corrected chi connectivity index (χ2v) is 6.76. The van der Waals surface area contributed by atoms with Gasteiger partial charge in [0.25, 0.3) is 0 Å². The fraction of sp³-hybridized carbons (Fsp3) is 0.632. The first-order valence-corrected chi connectivity index (χ1v) is 8.30. The first-order valence-electron chi connectivity index (χ1n) is 8.30. The molecule has 0 saturated heterocycles. The molecule has 1 aromatic rings. The largest absolute Gasteiger partial charge is 0.296 e. The Bertz CT molecular complexity index is 475. The minimum absolute atomic E-state index is 0.275. The molecular formula is C19H29NO. The van der Waals surface area contributed by atoms with Crippen molar-refractivity contribution in [3.05, 3.63) is 34.4 Å². The molecule has 1 aromatic carbocycles. The lowest BCUT2D eigenvalue weighted by Crippen LogP contribution is -2.36. The molecule has 0 amide bonds. The van der Waals surface area contributed by atoms with Crippen LogP contribution in [0.15, 0.2) is 12.1 Å². The number of carbonyl (C=O) groups is 1. The number of carbonyl (C=O) groups excluding carboxylic acids is 1. The number of hydrogen-bond donors (Lipinski definition) is 0. The van der Waals surface area contributed by atoms with Crippen LogP contribution in [0.4, 0.5) is 0 Å². The molecule has 0 aliphatic heterocycles. The zero-order valence-electron chi connectivity index (χ0n) is 14.0. The summed E-state index contributed by atoms with van der Waals surface area (Å²) >= 11 is 0. The normalized spacial score (nSPS) is 17.0. The third kappa shape index (κ3) is 4.16. The lowest BCUT2D eigenvalue weighted by atomic mass is 9.96. The highest BCUT2D eigenvalue weighted by atomic mass is 16.1. The van der Waals surface area contributed by atoms with Crippen LogP contribution >= 0.6 is 0 Å². The first kappa shape index (κ1) is 16.2. The second-order valence-electron chi connectivity index (χ2n) is 6.76. The van der Waals surface area contributed by atoms with Crippen molar-refractivity contribution >= 4 is 5.78 Å². The Labute approximate surface area is 129 Å². The molecule has 2 heteroatoms. The predicted molar refractivity (Wildman–Crippen MR) is 89.1 cm³/mol. The van der Waals surface area contributed by atoms with Gasteiger partial charge in [0.1, 0.15) is 0 Å². The molecule has 1 fully saturated rings. The van der Waals surface area contributed by atoms with Gasteiger partial charge in [-0.1, -0.05) is 43.4 Å². The number of aryl methyl sites for hydroxylation is 3. The van der Waals surface area contributed by atoms with E-state index in [1.807, 2.05) is 0 Å². The van der Waals surface area contributed by atoms with Crippen LogP contribution in [0.5, 0.6) is 0 Å². The van der Waals surface area contributed by atoms with Crippen molar-refractivity contribution in [2.24, 2.45) is 0 Å². The summed E-state index contributed by atoms with van der Waals surface area (Å²) in [4.78, 5) is 15.0. The summed E-state index contributed by atoms with van der Waals surface area (Å²) in [5, 5.41) is 0. The highest BCUT2D eigenvalue weighted by molar-refractivity contribution is 6.00. The van der Waals surface area contributed by atoms with Gasteiger partial charge in [0, 0.05) is 11.6 Å². The first-order chi connectivity index (χ1) is 9.99. The van der Waals surface area contributed by atoms with E-state index in [0.717, 1.165) is 16.7 Å². The zero-order chi connectivity index (χ0) is 15.4. The van der Waals surface area contributed by atoms with Gasteiger partial charge in [-0.15, -0.1) is 0 Å². The van der Waals surface area contributed by atoms with Crippen LogP contribution in [0.1, 0.15) is 65.6 Å². The van der Waals surface area contributed by atoms with E-state index in [0.29, 0.717) is 12.6 Å². The molecule has 1 saturated carbocycles. The van der Waals surface area contributed by atoms with Crippen molar-refractivity contribution in [1.82, 2.24) is 4.90 Å². The molecule has 0 radical (unpaired) electrons. The van der Waals surface area contributed by atoms with Crippen molar-refractivity contribution < 1.29 is 4.79 Å². The van der Waals surface area contributed by atoms with Crippen LogP contribution in [0, 0.1) is 20.8 Å². The van der Waals surface area contributed by atoms with E-state index in [2.05, 4.69) is 44.9 Å². The third-order valence-corrected chi connectivity index (χ3v) is 4.80. The molecule has 0 unspecified atom stereocenters. The van der Waals surface area contributed by atoms with E-state index in [1.54, 1.807) is 0 Å². The number of hydrogen-bond acceptors (Lipinski definition) is 2. The molecule has 0 N–H and O–H groups in total. The van der Waals surface area contributed by atoms with Crippen LogP contribution in [0.2, 0.25) is 0 Å². The molecule has 0 aromatic heterocycles. The van der Waals surface area contributed by atoms with E-state index in [-0.39, 0.29) is 5.78 Å². The number of rotatable bonds is 4. The van der Waals surface area contributed by atoms with Crippen molar-refractivity contribution in [2.75, 3.05) is 13.6 Å². The van der Waals surface area contributed by atoms with Crippen molar-refractivity contribution in [2.45, 2.75) is 65.3 Å². The van der Waals surface area contributed by atoms with Crippen molar-refractivity contribution in [3.8, 4) is 0 Å². The number of likely N-dealkylation sites (N-methyl/N-ethyl adjacent to an activating group) is 1. The fourth-order valence-corrected chi connectivity index (χ4v) is 3.75. The van der Waals surface area contributed by atoms with Gasteiger partial charge >= 0.3 is 0 Å². The lowest BCUT2D eigenvalue weighted by Gasteiger charge is -2.26. The average molecular weight is 287 g/mol. The highest BCUT2D eigenvalue weighted by Crippen LogP contribution is 2.22. The van der Waals surface area contributed by atoms with E-state index < -0.39 is 0 Å². The summed E-state index contributed by atoms with van der Waals surface area (Å²) < 4.78 is 0. The Kier molecular flexibility index (Phi) is 5.58. The molecule has 0 spiro atoms. The molecule has 116 valence electrons. The molecule has 21 heavy (non-hydrogen) atoms. The molecule has 1 aliphatic rings. The topological polar surface area (TPSA) is 20.3 Å². The minimum atomic E-state index is 0.275. The molecule has 0 heterocycles. The van der Waals surface area contributed by atoms with Crippen LogP contribution in [-0.2, 0) is 0 Å². The SMILES string of the molecule is Cc1cc(C)c(C(=O)CN(C)C2CCCCCC2)c(C)c1. The zero-order valence-corrected chi connectivity index (χ0v) is 14.0. The smallest absolute Gasteiger partial charge is 0.177 e. The maximum atomic E-state index is 12.7. The molecule has 0 atom stereocenters. The van der Waals surface area contributed by atoms with Crippen LogP contribution in [-0.4, -0.2) is 30.3 Å². The Hall–Kier alpha value is -1.15. The average Bonchev–Trinajstić information content (AvgIpc) is 2.65. The van der Waals surface area contributed by atoms with E-state index in [9.17, 15) is 4.79 Å². The molecule has 2 rings (SSSR count). The van der Waals surface area contributed by atoms with Gasteiger partial charge in [-0.05, 0) is 51.8 Å². The van der Waals surface area contributed by atoms with Crippen LogP contribution < -0.4 is 0 Å².